The smallest absolute Gasteiger partial charge is 0.151 e. The Morgan fingerprint density at radius 1 is 1.54 bits per heavy atom. The lowest BCUT2D eigenvalue weighted by Gasteiger charge is -2.09. The van der Waals surface area contributed by atoms with Crippen LogP contribution in [0.15, 0.2) is 12.3 Å². The second-order valence-electron chi connectivity index (χ2n) is 3.34. The van der Waals surface area contributed by atoms with E-state index >= 15 is 0 Å². The molecule has 0 aromatic carbocycles. The first-order valence-electron chi connectivity index (χ1n) is 4.32. The zero-order valence-electron chi connectivity index (χ0n) is 8.16. The van der Waals surface area contributed by atoms with E-state index in [0.29, 0.717) is 11.6 Å². The molecule has 1 heterocycles. The molecule has 3 nitrogen and oxygen atoms in total. The Balaban J connectivity index is 2.89. The van der Waals surface area contributed by atoms with Crippen molar-refractivity contribution in [3.63, 3.8) is 0 Å². The first kappa shape index (κ1) is 9.71. The number of anilines is 1. The lowest BCUT2D eigenvalue weighted by molar-refractivity contribution is 0.112. The van der Waals surface area contributed by atoms with Gasteiger partial charge in [0.1, 0.15) is 5.82 Å². The van der Waals surface area contributed by atoms with E-state index in [2.05, 4.69) is 10.3 Å². The van der Waals surface area contributed by atoms with Crippen LogP contribution in [0.25, 0.3) is 0 Å². The van der Waals surface area contributed by atoms with Crippen LogP contribution >= 0.6 is 0 Å². The Kier molecular flexibility index (Phi) is 3.01. The minimum absolute atomic E-state index is 0.356. The number of nitrogens with one attached hydrogen (secondary N) is 1. The molecule has 1 aromatic rings. The summed E-state index contributed by atoms with van der Waals surface area (Å²) in [5.74, 6) is 0.818. The summed E-state index contributed by atoms with van der Waals surface area (Å²) in [4.78, 5) is 14.6. The number of carbonyl (C=O) groups is 1. The van der Waals surface area contributed by atoms with Crippen LogP contribution in [0.2, 0.25) is 0 Å². The molecule has 13 heavy (non-hydrogen) atoms. The van der Waals surface area contributed by atoms with Crippen molar-refractivity contribution in [3.8, 4) is 0 Å². The fourth-order valence-corrected chi connectivity index (χ4v) is 1.06. The molecule has 0 amide bonds. The molecule has 0 aliphatic carbocycles. The van der Waals surface area contributed by atoms with Crippen molar-refractivity contribution >= 4 is 12.1 Å². The number of nitrogens with zero attached hydrogens (tertiary/aromatic N) is 1. The maximum absolute atomic E-state index is 10.5. The van der Waals surface area contributed by atoms with Gasteiger partial charge in [0.15, 0.2) is 6.29 Å². The van der Waals surface area contributed by atoms with Crippen molar-refractivity contribution in [2.45, 2.75) is 26.8 Å². The Labute approximate surface area is 78.2 Å². The monoisotopic (exact) mass is 178 g/mol. The highest BCUT2D eigenvalue weighted by Crippen LogP contribution is 2.10. The molecule has 70 valence electrons. The lowest BCUT2D eigenvalue weighted by Crippen LogP contribution is -2.11. The molecule has 1 rings (SSSR count). The molecular weight excluding hydrogens is 164 g/mol. The zero-order valence-corrected chi connectivity index (χ0v) is 8.16. The number of aryl methyl sites for hydroxylation is 1. The van der Waals surface area contributed by atoms with E-state index in [0.717, 1.165) is 17.7 Å². The van der Waals surface area contributed by atoms with Crippen LogP contribution in [0.5, 0.6) is 0 Å². The number of hydrogen-bond acceptors (Lipinski definition) is 3. The van der Waals surface area contributed by atoms with Crippen molar-refractivity contribution in [1.82, 2.24) is 4.98 Å². The number of carbonyl (C=O) groups excluding carboxylic acids is 1. The van der Waals surface area contributed by atoms with Gasteiger partial charge in [0.25, 0.3) is 0 Å². The van der Waals surface area contributed by atoms with Crippen molar-refractivity contribution in [1.29, 1.82) is 0 Å². The number of aromatic nitrogens is 1. The van der Waals surface area contributed by atoms with E-state index in [4.69, 9.17) is 0 Å². The minimum atomic E-state index is 0.356. The molecule has 0 bridgehead atoms. The van der Waals surface area contributed by atoms with E-state index in [1.165, 1.54) is 0 Å². The maximum atomic E-state index is 10.5. The third-order valence-electron chi connectivity index (χ3n) is 1.71. The quantitative estimate of drug-likeness (QED) is 0.720. The van der Waals surface area contributed by atoms with Gasteiger partial charge < -0.3 is 5.32 Å². The number of rotatable bonds is 3. The molecule has 1 aromatic heterocycles. The van der Waals surface area contributed by atoms with E-state index in [1.54, 1.807) is 6.20 Å². The number of pyridine rings is 1. The van der Waals surface area contributed by atoms with Gasteiger partial charge in [-0.25, -0.2) is 4.98 Å². The number of hydrogen-bond donors (Lipinski definition) is 1. The minimum Gasteiger partial charge on any atom is -0.368 e. The Morgan fingerprint density at radius 3 is 2.69 bits per heavy atom. The molecule has 0 saturated carbocycles. The standard InChI is InChI=1S/C10H14N2O/c1-7(2)12-10-4-8(3)9(6-13)5-11-10/h4-7H,1-3H3,(H,11,12). The summed E-state index contributed by atoms with van der Waals surface area (Å²) in [7, 11) is 0. The SMILES string of the molecule is Cc1cc(NC(C)C)ncc1C=O. The van der Waals surface area contributed by atoms with Crippen molar-refractivity contribution in [3.05, 3.63) is 23.4 Å². The summed E-state index contributed by atoms with van der Waals surface area (Å²) < 4.78 is 0. The molecule has 0 aliphatic heterocycles. The van der Waals surface area contributed by atoms with Gasteiger partial charge in [-0.1, -0.05) is 0 Å². The van der Waals surface area contributed by atoms with Crippen LogP contribution in [0.1, 0.15) is 29.8 Å². The van der Waals surface area contributed by atoms with Crippen LogP contribution in [0, 0.1) is 6.92 Å². The van der Waals surface area contributed by atoms with Crippen LogP contribution < -0.4 is 5.32 Å². The third kappa shape index (κ3) is 2.54. The fourth-order valence-electron chi connectivity index (χ4n) is 1.06. The van der Waals surface area contributed by atoms with Gasteiger partial charge in [-0.05, 0) is 32.4 Å². The maximum Gasteiger partial charge on any atom is 0.151 e. The highest BCUT2D eigenvalue weighted by molar-refractivity contribution is 5.77. The third-order valence-corrected chi connectivity index (χ3v) is 1.71. The lowest BCUT2D eigenvalue weighted by atomic mass is 10.2. The summed E-state index contributed by atoms with van der Waals surface area (Å²) in [6.45, 7) is 5.99. The molecule has 1 N–H and O–H groups in total. The van der Waals surface area contributed by atoms with Crippen LogP contribution in [0.3, 0.4) is 0 Å². The van der Waals surface area contributed by atoms with Gasteiger partial charge in [0.2, 0.25) is 0 Å². The fraction of sp³-hybridized carbons (Fsp3) is 0.400. The average Bonchev–Trinajstić information content (AvgIpc) is 2.03. The topological polar surface area (TPSA) is 42.0 Å². The Bertz CT molecular complexity index is 308. The van der Waals surface area contributed by atoms with E-state index in [-0.39, 0.29) is 0 Å². The highest BCUT2D eigenvalue weighted by Gasteiger charge is 2.00. The van der Waals surface area contributed by atoms with Gasteiger partial charge in [-0.15, -0.1) is 0 Å². The molecule has 3 heteroatoms. The summed E-state index contributed by atoms with van der Waals surface area (Å²) in [5.41, 5.74) is 1.60. The van der Waals surface area contributed by atoms with Crippen LogP contribution in [-0.2, 0) is 0 Å². The molecule has 0 fully saturated rings. The summed E-state index contributed by atoms with van der Waals surface area (Å²) >= 11 is 0. The predicted molar refractivity (Wildman–Crippen MR) is 53.1 cm³/mol. The highest BCUT2D eigenvalue weighted by atomic mass is 16.1. The Hall–Kier alpha value is -1.38. The van der Waals surface area contributed by atoms with Crippen molar-refractivity contribution in [2.75, 3.05) is 5.32 Å². The van der Waals surface area contributed by atoms with Crippen LogP contribution in [-0.4, -0.2) is 17.3 Å². The van der Waals surface area contributed by atoms with Gasteiger partial charge in [-0.2, -0.15) is 0 Å². The molecule has 0 radical (unpaired) electrons. The molecule has 0 atom stereocenters. The average molecular weight is 178 g/mol. The largest absolute Gasteiger partial charge is 0.368 e. The van der Waals surface area contributed by atoms with Gasteiger partial charge in [0, 0.05) is 17.8 Å². The summed E-state index contributed by atoms with van der Waals surface area (Å²) in [5, 5.41) is 3.17. The molecule has 0 unspecified atom stereocenters. The molecular formula is C10H14N2O. The van der Waals surface area contributed by atoms with Crippen LogP contribution in [0.4, 0.5) is 5.82 Å². The second-order valence-corrected chi connectivity index (χ2v) is 3.34. The Morgan fingerprint density at radius 2 is 2.23 bits per heavy atom. The van der Waals surface area contributed by atoms with E-state index < -0.39 is 0 Å². The summed E-state index contributed by atoms with van der Waals surface area (Å²) in [6, 6.07) is 2.23. The zero-order chi connectivity index (χ0) is 9.84. The number of aldehydes is 1. The van der Waals surface area contributed by atoms with Gasteiger partial charge in [0.05, 0.1) is 0 Å². The normalized spacial score (nSPS) is 10.2. The first-order chi connectivity index (χ1) is 6.13. The second kappa shape index (κ2) is 4.03. The van der Waals surface area contributed by atoms with E-state index in [1.807, 2.05) is 26.8 Å². The summed E-state index contributed by atoms with van der Waals surface area (Å²) in [6.07, 6.45) is 2.41. The predicted octanol–water partition coefficient (Wildman–Crippen LogP) is 2.02. The molecule has 0 aliphatic rings. The van der Waals surface area contributed by atoms with Gasteiger partial charge in [-0.3, -0.25) is 4.79 Å². The van der Waals surface area contributed by atoms with Crippen molar-refractivity contribution in [2.24, 2.45) is 0 Å². The molecule has 0 spiro atoms. The van der Waals surface area contributed by atoms with Gasteiger partial charge >= 0.3 is 0 Å². The van der Waals surface area contributed by atoms with Crippen molar-refractivity contribution < 1.29 is 4.79 Å². The van der Waals surface area contributed by atoms with E-state index in [9.17, 15) is 4.79 Å². The first-order valence-corrected chi connectivity index (χ1v) is 4.32. The molecule has 0 saturated heterocycles.